The van der Waals surface area contributed by atoms with Crippen molar-refractivity contribution in [3.63, 3.8) is 0 Å². The topological polar surface area (TPSA) is 68.0 Å². The first-order valence-corrected chi connectivity index (χ1v) is 11.1. The zero-order valence-corrected chi connectivity index (χ0v) is 17.9. The van der Waals surface area contributed by atoms with E-state index >= 15 is 0 Å². The Balaban J connectivity index is 1.37. The van der Waals surface area contributed by atoms with Crippen molar-refractivity contribution in [2.24, 2.45) is 16.8 Å². The van der Waals surface area contributed by atoms with Crippen molar-refractivity contribution < 1.29 is 13.9 Å². The zero-order chi connectivity index (χ0) is 20.6. The van der Waals surface area contributed by atoms with Gasteiger partial charge in [-0.1, -0.05) is 12.1 Å². The number of benzene rings is 1. The summed E-state index contributed by atoms with van der Waals surface area (Å²) in [6, 6.07) is 10.3. The fraction of sp³-hybridized carbons (Fsp3) is 0.542. The minimum Gasteiger partial charge on any atom is -0.493 e. The SMILES string of the molecule is Cc1ccc(CN=C(NCCc2ccco2)NCC2CCOC2)c(OCC2CC2)c1. The second kappa shape index (κ2) is 10.5. The third-order valence-electron chi connectivity index (χ3n) is 5.63. The van der Waals surface area contributed by atoms with Crippen LogP contribution in [0.5, 0.6) is 5.75 Å². The molecule has 6 heteroatoms. The van der Waals surface area contributed by atoms with Gasteiger partial charge < -0.3 is 24.5 Å². The Bertz CT molecular complexity index is 809. The van der Waals surface area contributed by atoms with E-state index in [1.54, 1.807) is 6.26 Å². The number of hydrogen-bond donors (Lipinski definition) is 2. The Morgan fingerprint density at radius 1 is 1.17 bits per heavy atom. The molecule has 4 rings (SSSR count). The molecular formula is C24H33N3O3. The molecule has 162 valence electrons. The molecule has 2 aliphatic rings. The predicted molar refractivity (Wildman–Crippen MR) is 118 cm³/mol. The normalized spacial score (nSPS) is 19.1. The molecule has 1 unspecified atom stereocenters. The number of nitrogens with zero attached hydrogens (tertiary/aromatic N) is 1. The van der Waals surface area contributed by atoms with Gasteiger partial charge in [0, 0.05) is 37.6 Å². The molecule has 0 bridgehead atoms. The van der Waals surface area contributed by atoms with Gasteiger partial charge in [0.2, 0.25) is 0 Å². The minimum absolute atomic E-state index is 0.541. The third kappa shape index (κ3) is 6.52. The van der Waals surface area contributed by atoms with Gasteiger partial charge in [0.15, 0.2) is 5.96 Å². The summed E-state index contributed by atoms with van der Waals surface area (Å²) in [5.41, 5.74) is 2.34. The summed E-state index contributed by atoms with van der Waals surface area (Å²) in [6.07, 6.45) is 6.21. The molecule has 1 saturated heterocycles. The number of nitrogens with one attached hydrogen (secondary N) is 2. The van der Waals surface area contributed by atoms with Crippen molar-refractivity contribution in [2.75, 3.05) is 32.9 Å². The van der Waals surface area contributed by atoms with Gasteiger partial charge in [-0.3, -0.25) is 0 Å². The predicted octanol–water partition coefficient (Wildman–Crippen LogP) is 3.69. The smallest absolute Gasteiger partial charge is 0.191 e. The Hall–Kier alpha value is -2.47. The summed E-state index contributed by atoms with van der Waals surface area (Å²) in [5.74, 6) is 4.03. The Morgan fingerprint density at radius 2 is 2.10 bits per heavy atom. The van der Waals surface area contributed by atoms with E-state index in [2.05, 4.69) is 35.8 Å². The summed E-state index contributed by atoms with van der Waals surface area (Å²) < 4.78 is 17.0. The van der Waals surface area contributed by atoms with E-state index in [9.17, 15) is 0 Å². The van der Waals surface area contributed by atoms with Crippen LogP contribution in [0.3, 0.4) is 0 Å². The molecule has 1 aliphatic heterocycles. The van der Waals surface area contributed by atoms with Gasteiger partial charge in [0.05, 0.1) is 26.0 Å². The van der Waals surface area contributed by atoms with Crippen LogP contribution in [0.4, 0.5) is 0 Å². The fourth-order valence-corrected chi connectivity index (χ4v) is 3.50. The van der Waals surface area contributed by atoms with Crippen LogP contribution in [0.25, 0.3) is 0 Å². The molecule has 2 heterocycles. The first-order chi connectivity index (χ1) is 14.8. The number of guanidine groups is 1. The molecule has 1 aliphatic carbocycles. The second-order valence-corrected chi connectivity index (χ2v) is 8.40. The van der Waals surface area contributed by atoms with E-state index < -0.39 is 0 Å². The Kier molecular flexibility index (Phi) is 7.29. The van der Waals surface area contributed by atoms with E-state index in [4.69, 9.17) is 18.9 Å². The molecule has 1 atom stereocenters. The molecule has 0 amide bonds. The average molecular weight is 412 g/mol. The summed E-state index contributed by atoms with van der Waals surface area (Å²) in [7, 11) is 0. The average Bonchev–Trinajstić information content (AvgIpc) is 3.18. The summed E-state index contributed by atoms with van der Waals surface area (Å²) in [4.78, 5) is 4.85. The molecule has 2 fully saturated rings. The number of aryl methyl sites for hydroxylation is 1. The molecule has 1 aromatic heterocycles. The van der Waals surface area contributed by atoms with Crippen LogP contribution in [0.1, 0.15) is 36.1 Å². The van der Waals surface area contributed by atoms with Crippen molar-refractivity contribution in [3.8, 4) is 5.75 Å². The van der Waals surface area contributed by atoms with Crippen molar-refractivity contribution in [3.05, 3.63) is 53.5 Å². The highest BCUT2D eigenvalue weighted by molar-refractivity contribution is 5.79. The number of rotatable bonds is 10. The highest BCUT2D eigenvalue weighted by atomic mass is 16.5. The standard InChI is InChI=1S/C24H33N3O3/c1-18-4-7-21(23(13-18)30-17-19-5-6-19)15-27-24(26-14-20-9-12-28-16-20)25-10-8-22-3-2-11-29-22/h2-4,7,11,13,19-20H,5-6,8-10,12,14-17H2,1H3,(H2,25,26,27). The first kappa shape index (κ1) is 20.8. The molecule has 0 spiro atoms. The fourth-order valence-electron chi connectivity index (χ4n) is 3.50. The molecule has 2 aromatic rings. The molecule has 1 aromatic carbocycles. The molecule has 30 heavy (non-hydrogen) atoms. The van der Waals surface area contributed by atoms with E-state index in [0.29, 0.717) is 12.5 Å². The van der Waals surface area contributed by atoms with Crippen molar-refractivity contribution in [2.45, 2.75) is 39.2 Å². The van der Waals surface area contributed by atoms with Gasteiger partial charge in [-0.05, 0) is 55.9 Å². The summed E-state index contributed by atoms with van der Waals surface area (Å²) >= 11 is 0. The number of aliphatic imine (C=N–C) groups is 1. The maximum Gasteiger partial charge on any atom is 0.191 e. The van der Waals surface area contributed by atoms with E-state index in [1.807, 2.05) is 12.1 Å². The van der Waals surface area contributed by atoms with Crippen LogP contribution >= 0.6 is 0 Å². The lowest BCUT2D eigenvalue weighted by Crippen LogP contribution is -2.40. The molecule has 0 radical (unpaired) electrons. The van der Waals surface area contributed by atoms with Gasteiger partial charge >= 0.3 is 0 Å². The van der Waals surface area contributed by atoms with Crippen LogP contribution in [-0.4, -0.2) is 38.9 Å². The maximum atomic E-state index is 6.11. The summed E-state index contributed by atoms with van der Waals surface area (Å²) in [6.45, 7) is 6.81. The third-order valence-corrected chi connectivity index (χ3v) is 5.63. The highest BCUT2D eigenvalue weighted by Crippen LogP contribution is 2.31. The van der Waals surface area contributed by atoms with Crippen LogP contribution in [0.15, 0.2) is 46.0 Å². The lowest BCUT2D eigenvalue weighted by molar-refractivity contribution is 0.186. The number of hydrogen-bond acceptors (Lipinski definition) is 4. The quantitative estimate of drug-likeness (QED) is 0.461. The Morgan fingerprint density at radius 3 is 2.87 bits per heavy atom. The van der Waals surface area contributed by atoms with Gasteiger partial charge in [-0.2, -0.15) is 0 Å². The van der Waals surface area contributed by atoms with Crippen LogP contribution in [0.2, 0.25) is 0 Å². The van der Waals surface area contributed by atoms with Crippen molar-refractivity contribution in [1.29, 1.82) is 0 Å². The minimum atomic E-state index is 0.541. The van der Waals surface area contributed by atoms with Gasteiger partial charge in [0.1, 0.15) is 11.5 Å². The zero-order valence-electron chi connectivity index (χ0n) is 17.9. The largest absolute Gasteiger partial charge is 0.493 e. The molecular weight excluding hydrogens is 378 g/mol. The molecule has 2 N–H and O–H groups in total. The van der Waals surface area contributed by atoms with E-state index in [1.165, 1.54) is 18.4 Å². The lowest BCUT2D eigenvalue weighted by Gasteiger charge is -2.16. The van der Waals surface area contributed by atoms with Gasteiger partial charge in [-0.25, -0.2) is 4.99 Å². The van der Waals surface area contributed by atoms with E-state index in [-0.39, 0.29) is 0 Å². The van der Waals surface area contributed by atoms with Crippen molar-refractivity contribution >= 4 is 5.96 Å². The maximum absolute atomic E-state index is 6.11. The van der Waals surface area contributed by atoms with Crippen LogP contribution in [-0.2, 0) is 17.7 Å². The van der Waals surface area contributed by atoms with Crippen LogP contribution < -0.4 is 15.4 Å². The lowest BCUT2D eigenvalue weighted by atomic mass is 10.1. The van der Waals surface area contributed by atoms with E-state index in [0.717, 1.165) is 74.7 Å². The monoisotopic (exact) mass is 411 g/mol. The van der Waals surface area contributed by atoms with Gasteiger partial charge in [0.25, 0.3) is 0 Å². The Labute approximate surface area is 179 Å². The molecule has 6 nitrogen and oxygen atoms in total. The second-order valence-electron chi connectivity index (χ2n) is 8.40. The number of ether oxygens (including phenoxy) is 2. The van der Waals surface area contributed by atoms with Gasteiger partial charge in [-0.15, -0.1) is 0 Å². The molecule has 1 saturated carbocycles. The first-order valence-electron chi connectivity index (χ1n) is 11.1. The van der Waals surface area contributed by atoms with Crippen LogP contribution in [0, 0.1) is 18.8 Å². The number of furan rings is 1. The highest BCUT2D eigenvalue weighted by Gasteiger charge is 2.22. The van der Waals surface area contributed by atoms with Crippen molar-refractivity contribution in [1.82, 2.24) is 10.6 Å². The summed E-state index contributed by atoms with van der Waals surface area (Å²) in [5, 5.41) is 6.93.